The summed E-state index contributed by atoms with van der Waals surface area (Å²) in [6.45, 7) is 10.3. The summed E-state index contributed by atoms with van der Waals surface area (Å²) in [5, 5.41) is 9.26. The van der Waals surface area contributed by atoms with Gasteiger partial charge in [0.2, 0.25) is 0 Å². The van der Waals surface area contributed by atoms with E-state index in [4.69, 9.17) is 0 Å². The maximum atomic E-state index is 13.2. The molecule has 7 heteroatoms. The van der Waals surface area contributed by atoms with Crippen molar-refractivity contribution < 1.29 is 9.18 Å². The van der Waals surface area contributed by atoms with Gasteiger partial charge < -0.3 is 5.32 Å². The van der Waals surface area contributed by atoms with E-state index in [0.29, 0.717) is 29.1 Å². The number of carbonyl (C=O) groups is 1. The summed E-state index contributed by atoms with van der Waals surface area (Å²) in [7, 11) is 0. The largest absolute Gasteiger partial charge is 0.347 e. The van der Waals surface area contributed by atoms with Crippen molar-refractivity contribution in [3.63, 3.8) is 0 Å². The highest BCUT2D eigenvalue weighted by atomic mass is 79.9. The molecule has 3 aromatic rings. The molecule has 0 fully saturated rings. The number of allylic oxidation sites excluding steroid dienone is 1. The number of halogens is 2. The molecule has 0 unspecified atom stereocenters. The molecule has 0 saturated heterocycles. The zero-order valence-corrected chi connectivity index (χ0v) is 19.7. The summed E-state index contributed by atoms with van der Waals surface area (Å²) < 4.78 is 15.8. The lowest BCUT2D eigenvalue weighted by atomic mass is 10.1. The summed E-state index contributed by atoms with van der Waals surface area (Å²) in [4.78, 5) is 13.8. The smallest absolute Gasteiger partial charge is 0.251 e. The number of carbonyl (C=O) groups excluding carboxylic acids is 1. The summed E-state index contributed by atoms with van der Waals surface area (Å²) in [5.74, 6) is -0.510. The lowest BCUT2D eigenvalue weighted by Gasteiger charge is -2.09. The molecule has 0 atom stereocenters. The number of thiophene rings is 1. The van der Waals surface area contributed by atoms with E-state index in [1.807, 2.05) is 11.4 Å². The van der Waals surface area contributed by atoms with Crippen LogP contribution in [0.1, 0.15) is 43.3 Å². The topological polar surface area (TPSA) is 46.9 Å². The predicted molar refractivity (Wildman–Crippen MR) is 127 cm³/mol. The molecule has 0 spiro atoms. The summed E-state index contributed by atoms with van der Waals surface area (Å²) in [6.07, 6.45) is 6.26. The van der Waals surface area contributed by atoms with Crippen molar-refractivity contribution in [3.05, 3.63) is 81.0 Å². The lowest BCUT2D eigenvalue weighted by molar-refractivity contribution is -0.115. The predicted octanol–water partition coefficient (Wildman–Crippen LogP) is 6.61. The SMILES string of the molecule is C=Cc1c(/C(=C\C)C(=O)NCc2cc(Br)cs2)cnn1-c1ccc(F)cc1.CCC. The van der Waals surface area contributed by atoms with Crippen molar-refractivity contribution in [2.75, 3.05) is 0 Å². The van der Waals surface area contributed by atoms with Gasteiger partial charge in [0.1, 0.15) is 5.82 Å². The van der Waals surface area contributed by atoms with Crippen molar-refractivity contribution in [1.82, 2.24) is 15.1 Å². The van der Waals surface area contributed by atoms with Gasteiger partial charge in [0.25, 0.3) is 5.91 Å². The molecule has 2 aromatic heterocycles. The van der Waals surface area contributed by atoms with Crippen LogP contribution in [0.4, 0.5) is 4.39 Å². The second-order valence-electron chi connectivity index (χ2n) is 6.36. The van der Waals surface area contributed by atoms with Gasteiger partial charge in [-0.05, 0) is 59.3 Å². The molecule has 4 nitrogen and oxygen atoms in total. The number of benzene rings is 1. The first kappa shape index (κ1) is 23.8. The molecule has 0 radical (unpaired) electrons. The number of nitrogens with one attached hydrogen (secondary N) is 1. The first-order chi connectivity index (χ1) is 14.4. The molecule has 3 rings (SSSR count). The Kier molecular flexibility index (Phi) is 9.20. The van der Waals surface area contributed by atoms with Crippen molar-refractivity contribution >= 4 is 44.8 Å². The molecule has 30 heavy (non-hydrogen) atoms. The van der Waals surface area contributed by atoms with Crippen LogP contribution in [-0.4, -0.2) is 15.7 Å². The van der Waals surface area contributed by atoms with Crippen LogP contribution in [0.5, 0.6) is 0 Å². The fourth-order valence-electron chi connectivity index (χ4n) is 2.67. The van der Waals surface area contributed by atoms with Crippen LogP contribution >= 0.6 is 27.3 Å². The van der Waals surface area contributed by atoms with Crippen LogP contribution in [0.25, 0.3) is 17.3 Å². The van der Waals surface area contributed by atoms with Gasteiger partial charge in [-0.3, -0.25) is 4.79 Å². The maximum absolute atomic E-state index is 13.2. The Hall–Kier alpha value is -2.51. The minimum atomic E-state index is -0.319. The fraction of sp³-hybridized carbons (Fsp3) is 0.217. The monoisotopic (exact) mass is 489 g/mol. The van der Waals surface area contributed by atoms with Gasteiger partial charge in [0.15, 0.2) is 0 Å². The second kappa shape index (κ2) is 11.6. The standard InChI is InChI=1S/C20H17BrFN3OS.C3H8/c1-3-17(20(26)23-10-16-9-13(21)12-27-16)18-11-24-25(19(18)4-2)15-7-5-14(22)6-8-15;1-3-2/h3-9,11-12H,2,10H2,1H3,(H,23,26);3H2,1-2H3/b17-3+;. The first-order valence-corrected chi connectivity index (χ1v) is 11.3. The zero-order chi connectivity index (χ0) is 22.1. The third-order valence-corrected chi connectivity index (χ3v) is 5.64. The van der Waals surface area contributed by atoms with E-state index >= 15 is 0 Å². The van der Waals surface area contributed by atoms with Crippen LogP contribution in [0.3, 0.4) is 0 Å². The van der Waals surface area contributed by atoms with E-state index in [1.165, 1.54) is 18.6 Å². The van der Waals surface area contributed by atoms with E-state index in [2.05, 4.69) is 46.8 Å². The molecule has 158 valence electrons. The van der Waals surface area contributed by atoms with Gasteiger partial charge in [-0.15, -0.1) is 11.3 Å². The molecular weight excluding hydrogens is 465 g/mol. The third-order valence-electron chi connectivity index (χ3n) is 3.94. The molecule has 0 bridgehead atoms. The van der Waals surface area contributed by atoms with Gasteiger partial charge in [0.05, 0.1) is 24.1 Å². The summed E-state index contributed by atoms with van der Waals surface area (Å²) >= 11 is 4.98. The Balaban J connectivity index is 0.00000101. The lowest BCUT2D eigenvalue weighted by Crippen LogP contribution is -2.23. The quantitative estimate of drug-likeness (QED) is 0.395. The van der Waals surface area contributed by atoms with Gasteiger partial charge in [-0.1, -0.05) is 32.9 Å². The minimum absolute atomic E-state index is 0.191. The number of amides is 1. The van der Waals surface area contributed by atoms with Crippen LogP contribution in [-0.2, 0) is 11.3 Å². The molecule has 0 aliphatic carbocycles. The maximum Gasteiger partial charge on any atom is 0.251 e. The average molecular weight is 490 g/mol. The molecule has 1 N–H and O–H groups in total. The van der Waals surface area contributed by atoms with E-state index in [9.17, 15) is 9.18 Å². The van der Waals surface area contributed by atoms with E-state index < -0.39 is 0 Å². The van der Waals surface area contributed by atoms with Crippen LogP contribution < -0.4 is 5.32 Å². The van der Waals surface area contributed by atoms with E-state index in [-0.39, 0.29) is 11.7 Å². The van der Waals surface area contributed by atoms with Gasteiger partial charge in [0, 0.05) is 25.9 Å². The third kappa shape index (κ3) is 6.00. The Morgan fingerprint density at radius 3 is 2.53 bits per heavy atom. The van der Waals surface area contributed by atoms with Gasteiger partial charge in [-0.2, -0.15) is 5.10 Å². The number of hydrogen-bond acceptors (Lipinski definition) is 3. The van der Waals surface area contributed by atoms with Crippen molar-refractivity contribution in [2.45, 2.75) is 33.7 Å². The highest BCUT2D eigenvalue weighted by Gasteiger charge is 2.18. The van der Waals surface area contributed by atoms with Gasteiger partial charge in [-0.25, -0.2) is 9.07 Å². The molecule has 2 heterocycles. The molecule has 1 amide bonds. The van der Waals surface area contributed by atoms with Gasteiger partial charge >= 0.3 is 0 Å². The van der Waals surface area contributed by atoms with Crippen molar-refractivity contribution in [2.24, 2.45) is 0 Å². The molecule has 0 saturated carbocycles. The Bertz CT molecular complexity index is 1020. The van der Waals surface area contributed by atoms with E-state index in [1.54, 1.807) is 53.4 Å². The number of rotatable bonds is 6. The molecular formula is C23H25BrFN3OS. The minimum Gasteiger partial charge on any atom is -0.347 e. The van der Waals surface area contributed by atoms with Crippen LogP contribution in [0, 0.1) is 5.82 Å². The normalized spacial score (nSPS) is 10.9. The number of aromatic nitrogens is 2. The van der Waals surface area contributed by atoms with Crippen molar-refractivity contribution in [1.29, 1.82) is 0 Å². The molecule has 0 aliphatic rings. The summed E-state index contributed by atoms with van der Waals surface area (Å²) in [5.41, 5.74) is 2.54. The summed E-state index contributed by atoms with van der Waals surface area (Å²) in [6, 6.07) is 7.96. The zero-order valence-electron chi connectivity index (χ0n) is 17.3. The fourth-order valence-corrected chi connectivity index (χ4v) is 4.06. The highest BCUT2D eigenvalue weighted by molar-refractivity contribution is 9.10. The van der Waals surface area contributed by atoms with Crippen molar-refractivity contribution in [3.8, 4) is 5.69 Å². The number of hydrogen-bond donors (Lipinski definition) is 1. The first-order valence-electron chi connectivity index (χ1n) is 9.59. The molecule has 0 aliphatic heterocycles. The molecule has 1 aromatic carbocycles. The Labute approximate surface area is 189 Å². The Morgan fingerprint density at radius 2 is 2.00 bits per heavy atom. The van der Waals surface area contributed by atoms with Crippen LogP contribution in [0.2, 0.25) is 0 Å². The van der Waals surface area contributed by atoms with Crippen LogP contribution in [0.15, 0.2) is 59.0 Å². The van der Waals surface area contributed by atoms with E-state index in [0.717, 1.165) is 9.35 Å². The highest BCUT2D eigenvalue weighted by Crippen LogP contribution is 2.24. The average Bonchev–Trinajstić information content (AvgIpc) is 3.34. The number of nitrogens with zero attached hydrogens (tertiary/aromatic N) is 2. The Morgan fingerprint density at radius 1 is 1.33 bits per heavy atom. The second-order valence-corrected chi connectivity index (χ2v) is 8.27.